The van der Waals surface area contributed by atoms with Gasteiger partial charge < -0.3 is 5.32 Å². The SMILES string of the molecule is Clc1ccc2nc(NC3CCc4ccccc4C3)sc2c1. The molecule has 3 aromatic rings. The molecule has 1 aromatic heterocycles. The molecule has 1 unspecified atom stereocenters. The molecule has 1 aliphatic rings. The minimum absolute atomic E-state index is 0.468. The average molecular weight is 315 g/mol. The Balaban J connectivity index is 1.55. The highest BCUT2D eigenvalue weighted by Gasteiger charge is 2.19. The van der Waals surface area contributed by atoms with E-state index in [1.165, 1.54) is 11.1 Å². The summed E-state index contributed by atoms with van der Waals surface area (Å²) in [5.41, 5.74) is 3.97. The maximum Gasteiger partial charge on any atom is 0.184 e. The van der Waals surface area contributed by atoms with Crippen molar-refractivity contribution in [3.63, 3.8) is 0 Å². The van der Waals surface area contributed by atoms with Crippen molar-refractivity contribution in [2.75, 3.05) is 5.32 Å². The monoisotopic (exact) mass is 314 g/mol. The number of thiazole rings is 1. The van der Waals surface area contributed by atoms with E-state index in [4.69, 9.17) is 11.6 Å². The topological polar surface area (TPSA) is 24.9 Å². The quantitative estimate of drug-likeness (QED) is 0.726. The lowest BCUT2D eigenvalue weighted by atomic mass is 9.88. The number of rotatable bonds is 2. The number of halogens is 1. The van der Waals surface area contributed by atoms with Gasteiger partial charge in [-0.05, 0) is 48.6 Å². The van der Waals surface area contributed by atoms with Crippen LogP contribution in [0, 0.1) is 0 Å². The van der Waals surface area contributed by atoms with Crippen molar-refractivity contribution in [3.8, 4) is 0 Å². The summed E-state index contributed by atoms with van der Waals surface area (Å²) in [6.45, 7) is 0. The predicted octanol–water partition coefficient (Wildman–Crippen LogP) is 4.92. The van der Waals surface area contributed by atoms with Crippen molar-refractivity contribution in [1.82, 2.24) is 4.98 Å². The first kappa shape index (κ1) is 13.1. The van der Waals surface area contributed by atoms with E-state index in [1.54, 1.807) is 11.3 Å². The predicted molar refractivity (Wildman–Crippen MR) is 90.5 cm³/mol. The number of aryl methyl sites for hydroxylation is 1. The molecule has 0 bridgehead atoms. The molecule has 2 aromatic carbocycles. The molecular formula is C17H15ClN2S. The number of nitrogens with one attached hydrogen (secondary N) is 1. The first-order chi connectivity index (χ1) is 10.3. The van der Waals surface area contributed by atoms with Gasteiger partial charge in [0.05, 0.1) is 10.2 Å². The van der Waals surface area contributed by atoms with Gasteiger partial charge in [-0.15, -0.1) is 0 Å². The Morgan fingerprint density at radius 1 is 1.14 bits per heavy atom. The van der Waals surface area contributed by atoms with Gasteiger partial charge >= 0.3 is 0 Å². The number of hydrogen-bond acceptors (Lipinski definition) is 3. The molecule has 1 N–H and O–H groups in total. The molecule has 1 aliphatic carbocycles. The lowest BCUT2D eigenvalue weighted by Crippen LogP contribution is -2.27. The molecule has 2 nitrogen and oxygen atoms in total. The van der Waals surface area contributed by atoms with E-state index in [0.29, 0.717) is 6.04 Å². The first-order valence-corrected chi connectivity index (χ1v) is 8.37. The van der Waals surface area contributed by atoms with Crippen LogP contribution in [0.5, 0.6) is 0 Å². The molecule has 21 heavy (non-hydrogen) atoms. The minimum atomic E-state index is 0.468. The fourth-order valence-electron chi connectivity index (χ4n) is 2.96. The van der Waals surface area contributed by atoms with Crippen LogP contribution in [0.2, 0.25) is 5.02 Å². The van der Waals surface area contributed by atoms with Crippen LogP contribution in [-0.4, -0.2) is 11.0 Å². The highest BCUT2D eigenvalue weighted by molar-refractivity contribution is 7.22. The number of benzene rings is 2. The van der Waals surface area contributed by atoms with Gasteiger partial charge in [0.2, 0.25) is 0 Å². The van der Waals surface area contributed by atoms with Gasteiger partial charge in [0.15, 0.2) is 5.13 Å². The van der Waals surface area contributed by atoms with Gasteiger partial charge in [-0.3, -0.25) is 0 Å². The summed E-state index contributed by atoms with van der Waals surface area (Å²) >= 11 is 7.71. The van der Waals surface area contributed by atoms with Gasteiger partial charge in [0, 0.05) is 11.1 Å². The Kier molecular flexibility index (Phi) is 3.32. The molecule has 0 spiro atoms. The third-order valence-corrected chi connectivity index (χ3v) is 5.21. The zero-order chi connectivity index (χ0) is 14.2. The van der Waals surface area contributed by atoms with Crippen LogP contribution in [-0.2, 0) is 12.8 Å². The lowest BCUT2D eigenvalue weighted by Gasteiger charge is -2.25. The minimum Gasteiger partial charge on any atom is -0.358 e. The molecule has 4 rings (SSSR count). The van der Waals surface area contributed by atoms with Gasteiger partial charge in [-0.1, -0.05) is 47.2 Å². The summed E-state index contributed by atoms with van der Waals surface area (Å²) in [6.07, 6.45) is 3.38. The Morgan fingerprint density at radius 2 is 2.00 bits per heavy atom. The molecule has 0 fully saturated rings. The molecule has 0 aliphatic heterocycles. The Labute approximate surface area is 132 Å². The van der Waals surface area contributed by atoms with Crippen molar-refractivity contribution < 1.29 is 0 Å². The second kappa shape index (κ2) is 5.32. The number of aromatic nitrogens is 1. The number of fused-ring (bicyclic) bond motifs is 2. The summed E-state index contributed by atoms with van der Waals surface area (Å²) < 4.78 is 1.14. The van der Waals surface area contributed by atoms with Gasteiger partial charge in [-0.25, -0.2) is 4.98 Å². The van der Waals surface area contributed by atoms with E-state index in [-0.39, 0.29) is 0 Å². The second-order valence-corrected chi connectivity index (χ2v) is 6.95. The van der Waals surface area contributed by atoms with Crippen LogP contribution in [0.4, 0.5) is 5.13 Å². The van der Waals surface area contributed by atoms with E-state index in [1.807, 2.05) is 18.2 Å². The maximum absolute atomic E-state index is 6.03. The standard InChI is InChI=1S/C17H15ClN2S/c18-13-6-8-15-16(10-13)21-17(20-15)19-14-7-5-11-3-1-2-4-12(11)9-14/h1-4,6,8,10,14H,5,7,9H2,(H,19,20). The van der Waals surface area contributed by atoms with Gasteiger partial charge in [-0.2, -0.15) is 0 Å². The van der Waals surface area contributed by atoms with E-state index in [0.717, 1.165) is 39.6 Å². The van der Waals surface area contributed by atoms with Crippen LogP contribution >= 0.6 is 22.9 Å². The normalized spacial score (nSPS) is 17.7. The van der Waals surface area contributed by atoms with E-state index >= 15 is 0 Å². The summed E-state index contributed by atoms with van der Waals surface area (Å²) in [5.74, 6) is 0. The van der Waals surface area contributed by atoms with E-state index < -0.39 is 0 Å². The van der Waals surface area contributed by atoms with Crippen molar-refractivity contribution in [3.05, 3.63) is 58.6 Å². The summed E-state index contributed by atoms with van der Waals surface area (Å²) in [5, 5.41) is 5.36. The highest BCUT2D eigenvalue weighted by atomic mass is 35.5. The smallest absolute Gasteiger partial charge is 0.184 e. The molecule has 106 valence electrons. The summed E-state index contributed by atoms with van der Waals surface area (Å²) in [7, 11) is 0. The first-order valence-electron chi connectivity index (χ1n) is 7.17. The second-order valence-electron chi connectivity index (χ2n) is 5.48. The highest BCUT2D eigenvalue weighted by Crippen LogP contribution is 2.30. The van der Waals surface area contributed by atoms with Crippen LogP contribution in [0.3, 0.4) is 0 Å². The van der Waals surface area contributed by atoms with Crippen LogP contribution in [0.15, 0.2) is 42.5 Å². The van der Waals surface area contributed by atoms with Crippen molar-refractivity contribution >= 4 is 38.3 Å². The van der Waals surface area contributed by atoms with Crippen molar-refractivity contribution in [1.29, 1.82) is 0 Å². The Bertz CT molecular complexity index is 796. The van der Waals surface area contributed by atoms with Crippen LogP contribution < -0.4 is 5.32 Å². The average Bonchev–Trinajstić information content (AvgIpc) is 2.88. The largest absolute Gasteiger partial charge is 0.358 e. The molecule has 0 saturated heterocycles. The molecule has 1 atom stereocenters. The lowest BCUT2D eigenvalue weighted by molar-refractivity contribution is 0.610. The third-order valence-electron chi connectivity index (χ3n) is 4.02. The maximum atomic E-state index is 6.03. The molecule has 0 saturated carbocycles. The van der Waals surface area contributed by atoms with Gasteiger partial charge in [0.1, 0.15) is 0 Å². The number of nitrogens with zero attached hydrogens (tertiary/aromatic N) is 1. The van der Waals surface area contributed by atoms with Crippen molar-refractivity contribution in [2.24, 2.45) is 0 Å². The zero-order valence-electron chi connectivity index (χ0n) is 11.5. The van der Waals surface area contributed by atoms with E-state index in [9.17, 15) is 0 Å². The Hall–Kier alpha value is -1.58. The van der Waals surface area contributed by atoms with E-state index in [2.05, 4.69) is 34.6 Å². The third kappa shape index (κ3) is 2.63. The van der Waals surface area contributed by atoms with Crippen LogP contribution in [0.25, 0.3) is 10.2 Å². The summed E-state index contributed by atoms with van der Waals surface area (Å²) in [6, 6.07) is 15.1. The molecule has 1 heterocycles. The number of anilines is 1. The van der Waals surface area contributed by atoms with Gasteiger partial charge in [0.25, 0.3) is 0 Å². The zero-order valence-corrected chi connectivity index (χ0v) is 13.0. The fraction of sp³-hybridized carbons (Fsp3) is 0.235. The summed E-state index contributed by atoms with van der Waals surface area (Å²) in [4.78, 5) is 4.65. The molecule has 0 radical (unpaired) electrons. The van der Waals surface area contributed by atoms with Crippen LogP contribution in [0.1, 0.15) is 17.5 Å². The molecule has 4 heteroatoms. The molecule has 0 amide bonds. The fourth-order valence-corrected chi connectivity index (χ4v) is 4.17. The molecular weight excluding hydrogens is 300 g/mol. The number of hydrogen-bond donors (Lipinski definition) is 1. The van der Waals surface area contributed by atoms with Crippen molar-refractivity contribution in [2.45, 2.75) is 25.3 Å². The Morgan fingerprint density at radius 3 is 2.90 bits per heavy atom.